The number of halogens is 1. The van der Waals surface area contributed by atoms with Crippen LogP contribution in [0.25, 0.3) is 0 Å². The van der Waals surface area contributed by atoms with Crippen LogP contribution in [0.2, 0.25) is 0 Å². The molecule has 1 fully saturated rings. The first-order valence-corrected chi connectivity index (χ1v) is 10.4. The highest BCUT2D eigenvalue weighted by Gasteiger charge is 2.41. The SMILES string of the molecule is Cc1ccc(N2C(=S)N[C@H](c3ccccn3)[C@@H]2c2ccc(Br)s2)cc1C. The topological polar surface area (TPSA) is 28.2 Å². The zero-order valence-electron chi connectivity index (χ0n) is 14.4. The normalized spacial score (nSPS) is 19.7. The molecule has 1 aliphatic heterocycles. The molecule has 3 nitrogen and oxygen atoms in total. The maximum atomic E-state index is 5.74. The molecule has 0 saturated carbocycles. The molecule has 2 atom stereocenters. The second kappa shape index (κ2) is 7.10. The van der Waals surface area contributed by atoms with E-state index in [1.54, 1.807) is 11.3 Å². The van der Waals surface area contributed by atoms with Crippen molar-refractivity contribution in [2.75, 3.05) is 4.90 Å². The molecular weight excluding hydrogens is 426 g/mol. The van der Waals surface area contributed by atoms with Crippen molar-refractivity contribution in [3.05, 3.63) is 80.2 Å². The average molecular weight is 444 g/mol. The number of thiophene rings is 1. The van der Waals surface area contributed by atoms with E-state index in [-0.39, 0.29) is 12.1 Å². The number of thiocarbonyl (C=S) groups is 1. The summed E-state index contributed by atoms with van der Waals surface area (Å²) in [7, 11) is 0. The van der Waals surface area contributed by atoms with Crippen molar-refractivity contribution in [2.45, 2.75) is 25.9 Å². The van der Waals surface area contributed by atoms with Crippen LogP contribution in [0.5, 0.6) is 0 Å². The smallest absolute Gasteiger partial charge is 0.174 e. The zero-order chi connectivity index (χ0) is 18.3. The first-order chi connectivity index (χ1) is 12.5. The van der Waals surface area contributed by atoms with Gasteiger partial charge >= 0.3 is 0 Å². The molecule has 0 spiro atoms. The number of anilines is 1. The van der Waals surface area contributed by atoms with Crippen LogP contribution in [-0.2, 0) is 0 Å². The lowest BCUT2D eigenvalue weighted by Gasteiger charge is -2.27. The quantitative estimate of drug-likeness (QED) is 0.525. The second-order valence-electron chi connectivity index (χ2n) is 6.41. The van der Waals surface area contributed by atoms with Crippen LogP contribution in [0, 0.1) is 13.8 Å². The number of pyridine rings is 1. The van der Waals surface area contributed by atoms with Gasteiger partial charge < -0.3 is 10.2 Å². The van der Waals surface area contributed by atoms with Gasteiger partial charge in [-0.3, -0.25) is 4.98 Å². The van der Waals surface area contributed by atoms with Crippen molar-refractivity contribution in [3.63, 3.8) is 0 Å². The van der Waals surface area contributed by atoms with Crippen LogP contribution < -0.4 is 10.2 Å². The largest absolute Gasteiger partial charge is 0.351 e. The van der Waals surface area contributed by atoms with Gasteiger partial charge in [-0.25, -0.2) is 0 Å². The van der Waals surface area contributed by atoms with E-state index < -0.39 is 0 Å². The Kier molecular flexibility index (Phi) is 4.82. The van der Waals surface area contributed by atoms with Gasteiger partial charge in [0.1, 0.15) is 0 Å². The van der Waals surface area contributed by atoms with Gasteiger partial charge in [-0.1, -0.05) is 12.1 Å². The summed E-state index contributed by atoms with van der Waals surface area (Å²) in [5.74, 6) is 0. The summed E-state index contributed by atoms with van der Waals surface area (Å²) in [5.41, 5.74) is 4.65. The van der Waals surface area contributed by atoms with E-state index >= 15 is 0 Å². The number of hydrogen-bond acceptors (Lipinski definition) is 3. The van der Waals surface area contributed by atoms with Gasteiger partial charge in [-0.05, 0) is 89.5 Å². The molecule has 3 heterocycles. The molecule has 1 aromatic carbocycles. The van der Waals surface area contributed by atoms with E-state index in [0.29, 0.717) is 0 Å². The Labute approximate surface area is 171 Å². The standard InChI is InChI=1S/C20H18BrN3S2/c1-12-6-7-14(11-13(12)2)24-19(16-8-9-17(21)26-16)18(23-20(24)25)15-5-3-4-10-22-15/h3-11,18-19H,1-2H3,(H,23,25)/t18-,19+/m1/s1. The number of aromatic nitrogens is 1. The minimum absolute atomic E-state index is 0.0101. The Morgan fingerprint density at radius 3 is 2.62 bits per heavy atom. The molecular formula is C20H18BrN3S2. The number of nitrogens with one attached hydrogen (secondary N) is 1. The number of nitrogens with zero attached hydrogens (tertiary/aromatic N) is 2. The van der Waals surface area contributed by atoms with Crippen LogP contribution in [0.1, 0.15) is 33.8 Å². The lowest BCUT2D eigenvalue weighted by Crippen LogP contribution is -2.29. The summed E-state index contributed by atoms with van der Waals surface area (Å²) in [6, 6.07) is 16.9. The highest BCUT2D eigenvalue weighted by atomic mass is 79.9. The zero-order valence-corrected chi connectivity index (χ0v) is 17.7. The number of rotatable bonds is 3. The molecule has 4 rings (SSSR count). The molecule has 1 N–H and O–H groups in total. The van der Waals surface area contributed by atoms with Crippen molar-refractivity contribution in [3.8, 4) is 0 Å². The fraction of sp³-hybridized carbons (Fsp3) is 0.200. The van der Waals surface area contributed by atoms with Crippen molar-refractivity contribution < 1.29 is 0 Å². The van der Waals surface area contributed by atoms with E-state index in [1.165, 1.54) is 16.0 Å². The summed E-state index contributed by atoms with van der Waals surface area (Å²) in [5, 5.41) is 4.23. The third kappa shape index (κ3) is 3.17. The maximum Gasteiger partial charge on any atom is 0.174 e. The highest BCUT2D eigenvalue weighted by Crippen LogP contribution is 2.44. The molecule has 1 aliphatic rings. The van der Waals surface area contributed by atoms with E-state index in [2.05, 4.69) is 81.4 Å². The summed E-state index contributed by atoms with van der Waals surface area (Å²) in [4.78, 5) is 8.05. The highest BCUT2D eigenvalue weighted by molar-refractivity contribution is 9.11. The Morgan fingerprint density at radius 1 is 1.12 bits per heavy atom. The van der Waals surface area contributed by atoms with Crippen molar-refractivity contribution >= 4 is 50.3 Å². The number of aryl methyl sites for hydroxylation is 2. The lowest BCUT2D eigenvalue weighted by molar-refractivity contribution is 0.575. The first-order valence-electron chi connectivity index (χ1n) is 8.38. The Hall–Kier alpha value is -1.76. The summed E-state index contributed by atoms with van der Waals surface area (Å²) < 4.78 is 1.12. The summed E-state index contributed by atoms with van der Waals surface area (Å²) >= 11 is 11.1. The number of hydrogen-bond donors (Lipinski definition) is 1. The van der Waals surface area contributed by atoms with Crippen molar-refractivity contribution in [1.82, 2.24) is 10.3 Å². The van der Waals surface area contributed by atoms with Gasteiger partial charge in [0.2, 0.25) is 0 Å². The maximum absolute atomic E-state index is 5.74. The fourth-order valence-corrected chi connectivity index (χ4v) is 5.18. The Bertz CT molecular complexity index is 955. The Balaban J connectivity index is 1.83. The minimum atomic E-state index is 0.0101. The molecule has 0 unspecified atom stereocenters. The van der Waals surface area contributed by atoms with Gasteiger partial charge in [0.25, 0.3) is 0 Å². The van der Waals surface area contributed by atoms with E-state index in [1.807, 2.05) is 18.3 Å². The molecule has 26 heavy (non-hydrogen) atoms. The van der Waals surface area contributed by atoms with Gasteiger partial charge in [-0.2, -0.15) is 0 Å². The molecule has 0 radical (unpaired) electrons. The van der Waals surface area contributed by atoms with Crippen LogP contribution in [0.15, 0.2) is 58.5 Å². The van der Waals surface area contributed by atoms with Crippen molar-refractivity contribution in [1.29, 1.82) is 0 Å². The van der Waals surface area contributed by atoms with Gasteiger partial charge in [-0.15, -0.1) is 11.3 Å². The van der Waals surface area contributed by atoms with Crippen LogP contribution >= 0.6 is 39.5 Å². The molecule has 3 aromatic rings. The molecule has 0 aliphatic carbocycles. The molecule has 1 saturated heterocycles. The van der Waals surface area contributed by atoms with E-state index in [4.69, 9.17) is 12.2 Å². The summed E-state index contributed by atoms with van der Waals surface area (Å²) in [6.45, 7) is 4.27. The predicted molar refractivity (Wildman–Crippen MR) is 116 cm³/mol. The van der Waals surface area contributed by atoms with Gasteiger partial charge in [0.15, 0.2) is 5.11 Å². The summed E-state index contributed by atoms with van der Waals surface area (Å²) in [6.07, 6.45) is 1.83. The minimum Gasteiger partial charge on any atom is -0.351 e. The van der Waals surface area contributed by atoms with Crippen LogP contribution in [-0.4, -0.2) is 10.1 Å². The molecule has 0 amide bonds. The lowest BCUT2D eigenvalue weighted by atomic mass is 10.0. The second-order valence-corrected chi connectivity index (χ2v) is 9.29. The average Bonchev–Trinajstić information content (AvgIpc) is 3.21. The fourth-order valence-electron chi connectivity index (χ4n) is 3.28. The monoisotopic (exact) mass is 443 g/mol. The third-order valence-electron chi connectivity index (χ3n) is 4.75. The predicted octanol–water partition coefficient (Wildman–Crippen LogP) is 5.70. The van der Waals surface area contributed by atoms with Crippen LogP contribution in [0.4, 0.5) is 5.69 Å². The molecule has 0 bridgehead atoms. The van der Waals surface area contributed by atoms with Crippen molar-refractivity contribution in [2.24, 2.45) is 0 Å². The van der Waals surface area contributed by atoms with E-state index in [0.717, 1.165) is 20.3 Å². The third-order valence-corrected chi connectivity index (χ3v) is 6.76. The van der Waals surface area contributed by atoms with Gasteiger partial charge in [0.05, 0.1) is 21.6 Å². The van der Waals surface area contributed by atoms with Crippen LogP contribution in [0.3, 0.4) is 0 Å². The molecule has 2 aromatic heterocycles. The molecule has 132 valence electrons. The Morgan fingerprint density at radius 2 is 1.96 bits per heavy atom. The number of benzene rings is 1. The molecule has 6 heteroatoms. The van der Waals surface area contributed by atoms with E-state index in [9.17, 15) is 0 Å². The van der Waals surface area contributed by atoms with Gasteiger partial charge in [0, 0.05) is 16.8 Å². The first kappa shape index (κ1) is 17.6.